The predicted molar refractivity (Wildman–Crippen MR) is 165 cm³/mol. The quantitative estimate of drug-likeness (QED) is 0.0514. The average Bonchev–Trinajstić information content (AvgIpc) is 3.01. The lowest BCUT2D eigenvalue weighted by Gasteiger charge is -2.11. The smallest absolute Gasteiger partial charge is 0.336 e. The fraction of sp³-hybridized carbons (Fsp3) is 0.0909. The Balaban J connectivity index is 1.42. The topological polar surface area (TPSA) is 126 Å². The second-order valence-electron chi connectivity index (χ2n) is 9.42. The highest BCUT2D eigenvalue weighted by atomic mass is 16.6. The molecular weight excluding hydrogens is 548 g/mol. The van der Waals surface area contributed by atoms with E-state index >= 15 is 0 Å². The van der Waals surface area contributed by atoms with Crippen LogP contribution in [0.2, 0.25) is 0 Å². The molecule has 0 spiro atoms. The van der Waals surface area contributed by atoms with E-state index in [2.05, 4.69) is 5.10 Å². The summed E-state index contributed by atoms with van der Waals surface area (Å²) in [5.41, 5.74) is 3.23. The van der Waals surface area contributed by atoms with Crippen LogP contribution in [0, 0.1) is 17.0 Å². The largest absolute Gasteiger partial charge is 0.490 e. The Morgan fingerprint density at radius 2 is 1.70 bits per heavy atom. The van der Waals surface area contributed by atoms with Crippen molar-refractivity contribution in [3.8, 4) is 22.9 Å². The van der Waals surface area contributed by atoms with E-state index in [0.29, 0.717) is 40.2 Å². The molecule has 5 aromatic rings. The molecule has 0 bridgehead atoms. The predicted octanol–water partition coefficient (Wildman–Crippen LogP) is 6.18. The van der Waals surface area contributed by atoms with E-state index in [1.54, 1.807) is 43.3 Å². The standard InChI is InChI=1S/C33H26N4O6/c1-3-42-30-20-24(12-18-29(30)43-31(38)19-13-23-10-16-26(17-11-23)37(40)41)21-34-36-32(25-14-8-22(2)9-15-25)35-28-7-5-4-6-27(28)33(36)39/h4-21H,3H2,1-2H3/b19-13+,34-21?. The lowest BCUT2D eigenvalue weighted by Crippen LogP contribution is -2.20. The van der Waals surface area contributed by atoms with Gasteiger partial charge in [0, 0.05) is 23.8 Å². The minimum atomic E-state index is -0.655. The summed E-state index contributed by atoms with van der Waals surface area (Å²) in [5, 5.41) is 15.8. The molecule has 1 heterocycles. The van der Waals surface area contributed by atoms with Gasteiger partial charge in [0.15, 0.2) is 17.3 Å². The van der Waals surface area contributed by atoms with Gasteiger partial charge in [-0.05, 0) is 73.5 Å². The van der Waals surface area contributed by atoms with Gasteiger partial charge in [-0.2, -0.15) is 9.78 Å². The van der Waals surface area contributed by atoms with Crippen molar-refractivity contribution < 1.29 is 19.2 Å². The molecule has 0 saturated heterocycles. The highest BCUT2D eigenvalue weighted by Gasteiger charge is 2.13. The number of aromatic nitrogens is 2. The molecule has 0 amide bonds. The molecule has 0 aliphatic carbocycles. The number of hydrogen-bond acceptors (Lipinski definition) is 8. The number of non-ortho nitro benzene ring substituents is 1. The number of carbonyl (C=O) groups is 1. The first-order valence-corrected chi connectivity index (χ1v) is 13.4. The fourth-order valence-corrected chi connectivity index (χ4v) is 4.22. The Morgan fingerprint density at radius 3 is 2.42 bits per heavy atom. The van der Waals surface area contributed by atoms with Crippen LogP contribution in [0.3, 0.4) is 0 Å². The number of para-hydroxylation sites is 1. The van der Waals surface area contributed by atoms with Crippen molar-refractivity contribution in [3.05, 3.63) is 134 Å². The van der Waals surface area contributed by atoms with Crippen molar-refractivity contribution in [2.24, 2.45) is 5.10 Å². The zero-order valence-electron chi connectivity index (χ0n) is 23.3. The number of benzene rings is 4. The summed E-state index contributed by atoms with van der Waals surface area (Å²) in [5.74, 6) is 0.251. The lowest BCUT2D eigenvalue weighted by molar-refractivity contribution is -0.384. The number of fused-ring (bicyclic) bond motifs is 1. The van der Waals surface area contributed by atoms with Crippen LogP contribution in [-0.4, -0.2) is 33.4 Å². The molecule has 0 aliphatic heterocycles. The summed E-state index contributed by atoms with van der Waals surface area (Å²) < 4.78 is 12.5. The third-order valence-corrected chi connectivity index (χ3v) is 6.38. The third-order valence-electron chi connectivity index (χ3n) is 6.38. The van der Waals surface area contributed by atoms with Gasteiger partial charge in [-0.15, -0.1) is 0 Å². The van der Waals surface area contributed by atoms with Crippen molar-refractivity contribution in [2.45, 2.75) is 13.8 Å². The number of nitrogens with zero attached hydrogens (tertiary/aromatic N) is 4. The van der Waals surface area contributed by atoms with Gasteiger partial charge in [0.05, 0.1) is 28.6 Å². The molecule has 0 fully saturated rings. The minimum absolute atomic E-state index is 0.0437. The first-order chi connectivity index (χ1) is 20.8. The zero-order chi connectivity index (χ0) is 30.3. The van der Waals surface area contributed by atoms with E-state index in [9.17, 15) is 19.7 Å². The molecule has 0 atom stereocenters. The van der Waals surface area contributed by atoms with E-state index < -0.39 is 10.9 Å². The van der Waals surface area contributed by atoms with Crippen LogP contribution in [-0.2, 0) is 4.79 Å². The van der Waals surface area contributed by atoms with Gasteiger partial charge in [0.1, 0.15) is 0 Å². The summed E-state index contributed by atoms with van der Waals surface area (Å²) >= 11 is 0. The normalized spacial score (nSPS) is 11.3. The summed E-state index contributed by atoms with van der Waals surface area (Å²) in [4.78, 5) is 41.0. The van der Waals surface area contributed by atoms with Crippen LogP contribution in [0.25, 0.3) is 28.4 Å². The van der Waals surface area contributed by atoms with Gasteiger partial charge >= 0.3 is 5.97 Å². The average molecular weight is 575 g/mol. The highest BCUT2D eigenvalue weighted by molar-refractivity contribution is 5.89. The van der Waals surface area contributed by atoms with E-state index in [4.69, 9.17) is 14.5 Å². The number of aryl methyl sites for hydroxylation is 1. The summed E-state index contributed by atoms with van der Waals surface area (Å²) in [7, 11) is 0. The van der Waals surface area contributed by atoms with E-state index in [1.807, 2.05) is 37.3 Å². The molecule has 0 aliphatic rings. The summed E-state index contributed by atoms with van der Waals surface area (Å²) in [6, 6.07) is 25.5. The Kier molecular flexibility index (Phi) is 8.48. The Bertz CT molecular complexity index is 1930. The molecule has 43 heavy (non-hydrogen) atoms. The van der Waals surface area contributed by atoms with E-state index in [1.165, 1.54) is 47.3 Å². The van der Waals surface area contributed by atoms with Crippen LogP contribution >= 0.6 is 0 Å². The number of carbonyl (C=O) groups excluding carboxylic acids is 1. The van der Waals surface area contributed by atoms with Crippen molar-refractivity contribution >= 4 is 34.9 Å². The molecule has 0 N–H and O–H groups in total. The molecule has 214 valence electrons. The Labute approximate surface area is 246 Å². The van der Waals surface area contributed by atoms with Crippen LogP contribution in [0.4, 0.5) is 5.69 Å². The van der Waals surface area contributed by atoms with Crippen molar-refractivity contribution in [3.63, 3.8) is 0 Å². The van der Waals surface area contributed by atoms with Crippen molar-refractivity contribution in [2.75, 3.05) is 6.61 Å². The number of nitro benzene ring substituents is 1. The summed E-state index contributed by atoms with van der Waals surface area (Å²) in [6.07, 6.45) is 4.23. The molecule has 0 saturated carbocycles. The highest BCUT2D eigenvalue weighted by Crippen LogP contribution is 2.29. The zero-order valence-corrected chi connectivity index (χ0v) is 23.3. The summed E-state index contributed by atoms with van der Waals surface area (Å²) in [6.45, 7) is 4.10. The van der Waals surface area contributed by atoms with Gasteiger partial charge in [0.25, 0.3) is 11.2 Å². The van der Waals surface area contributed by atoms with Crippen LogP contribution in [0.15, 0.2) is 107 Å². The van der Waals surface area contributed by atoms with Crippen LogP contribution < -0.4 is 15.0 Å². The molecule has 10 nitrogen and oxygen atoms in total. The molecule has 4 aromatic carbocycles. The van der Waals surface area contributed by atoms with E-state index in [0.717, 1.165) is 11.1 Å². The van der Waals surface area contributed by atoms with Crippen molar-refractivity contribution in [1.82, 2.24) is 9.66 Å². The first kappa shape index (κ1) is 28.6. The molecule has 0 unspecified atom stereocenters. The fourth-order valence-electron chi connectivity index (χ4n) is 4.22. The second-order valence-corrected chi connectivity index (χ2v) is 9.42. The molecule has 5 rings (SSSR count). The number of rotatable bonds is 9. The lowest BCUT2D eigenvalue weighted by atomic mass is 10.1. The maximum absolute atomic E-state index is 13.5. The Hall–Kier alpha value is -5.90. The number of esters is 1. The SMILES string of the molecule is CCOc1cc(C=Nn2c(-c3ccc(C)cc3)nc3ccccc3c2=O)ccc1OC(=O)/C=C/c1ccc([N+](=O)[O-])cc1. The minimum Gasteiger partial charge on any atom is -0.490 e. The molecular formula is C33H26N4O6. The van der Waals surface area contributed by atoms with E-state index in [-0.39, 0.29) is 17.0 Å². The number of hydrogen-bond donors (Lipinski definition) is 0. The molecule has 0 radical (unpaired) electrons. The molecule has 1 aromatic heterocycles. The maximum atomic E-state index is 13.5. The van der Waals surface area contributed by atoms with Crippen LogP contribution in [0.1, 0.15) is 23.6 Å². The van der Waals surface area contributed by atoms with Crippen molar-refractivity contribution in [1.29, 1.82) is 0 Å². The van der Waals surface area contributed by atoms with Crippen LogP contribution in [0.5, 0.6) is 11.5 Å². The number of nitro groups is 1. The van der Waals surface area contributed by atoms with Gasteiger partial charge in [-0.25, -0.2) is 9.78 Å². The second kappa shape index (κ2) is 12.7. The monoisotopic (exact) mass is 574 g/mol. The third kappa shape index (κ3) is 6.71. The Morgan fingerprint density at radius 1 is 0.977 bits per heavy atom. The maximum Gasteiger partial charge on any atom is 0.336 e. The molecule has 10 heteroatoms. The van der Waals surface area contributed by atoms with Gasteiger partial charge in [-0.3, -0.25) is 14.9 Å². The van der Waals surface area contributed by atoms with Gasteiger partial charge in [-0.1, -0.05) is 42.0 Å². The van der Waals surface area contributed by atoms with Gasteiger partial charge < -0.3 is 9.47 Å². The van der Waals surface area contributed by atoms with Gasteiger partial charge in [0.2, 0.25) is 0 Å². The first-order valence-electron chi connectivity index (χ1n) is 13.4. The number of ether oxygens (including phenoxy) is 2.